The van der Waals surface area contributed by atoms with Gasteiger partial charge in [0.1, 0.15) is 21.8 Å². The minimum Gasteiger partial charge on any atom is -1.00 e. The number of hydrogen-bond acceptors (Lipinski definition) is 6. The van der Waals surface area contributed by atoms with Gasteiger partial charge in [-0.15, -0.1) is 0 Å². The fourth-order valence-electron chi connectivity index (χ4n) is 7.16. The molecule has 12 nitrogen and oxygen atoms in total. The van der Waals surface area contributed by atoms with Crippen LogP contribution in [0.15, 0.2) is 60.7 Å². The average molecular weight is 861 g/mol. The van der Waals surface area contributed by atoms with Gasteiger partial charge >= 0.3 is 0 Å². The molecule has 0 radical (unpaired) electrons. The smallest absolute Gasteiger partial charge is 0.289 e. The van der Waals surface area contributed by atoms with Gasteiger partial charge in [0.25, 0.3) is 23.5 Å². The number of benzene rings is 2. The van der Waals surface area contributed by atoms with Crippen LogP contribution in [-0.2, 0) is 14.1 Å². The number of amides is 2. The number of pyridine rings is 2. The van der Waals surface area contributed by atoms with E-state index < -0.39 is 0 Å². The number of rotatable bonds is 4. The van der Waals surface area contributed by atoms with Crippen molar-refractivity contribution >= 4 is 78.9 Å². The predicted octanol–water partition coefficient (Wildman–Crippen LogP) is 1.16. The first-order chi connectivity index (χ1) is 26.5. The third-order valence-corrected chi connectivity index (χ3v) is 10.1. The van der Waals surface area contributed by atoms with Crippen molar-refractivity contribution in [1.29, 1.82) is 0 Å². The largest absolute Gasteiger partial charge is 1.00 e. The minimum atomic E-state index is -0.148. The number of fused-ring (bicyclic) bond motifs is 6. The van der Waals surface area contributed by atoms with Gasteiger partial charge in [0.2, 0.25) is 22.7 Å². The van der Waals surface area contributed by atoms with Crippen molar-refractivity contribution in [2.24, 2.45) is 14.1 Å². The summed E-state index contributed by atoms with van der Waals surface area (Å²) in [6.45, 7) is 7.78. The number of aryl methyl sites for hydroxylation is 6. The molecule has 8 aromatic rings. The summed E-state index contributed by atoms with van der Waals surface area (Å²) < 4.78 is 4.02. The number of aromatic nitrogens is 8. The summed E-state index contributed by atoms with van der Waals surface area (Å²) >= 11 is 12.4. The van der Waals surface area contributed by atoms with Crippen LogP contribution >= 0.6 is 23.2 Å². The normalized spacial score (nSPS) is 11.0. The SMILES string of the molecule is Cc1cc(-c2nc(C(=O)N(C)C)c3c4ccc(Cl)cc4n(C)c3[nH+]2)cc(C)n1.Cc1cc(-c2nc(C(=O)N(C)C)c3c4ccc(Cl)cc4n(C)c3[nH+]2)cc(C)n1.[Cl-].[Cl-]. The van der Waals surface area contributed by atoms with E-state index in [4.69, 9.17) is 33.2 Å². The molecule has 0 saturated carbocycles. The van der Waals surface area contributed by atoms with Crippen LogP contribution in [0.5, 0.6) is 0 Å². The Kier molecular flexibility index (Phi) is 12.7. The zero-order valence-corrected chi connectivity index (χ0v) is 36.7. The van der Waals surface area contributed by atoms with Gasteiger partial charge in [-0.2, -0.15) is 0 Å². The van der Waals surface area contributed by atoms with Crippen LogP contribution in [0.4, 0.5) is 0 Å². The van der Waals surface area contributed by atoms with Crippen LogP contribution in [0.1, 0.15) is 43.8 Å². The maximum Gasteiger partial charge on any atom is 0.289 e. The second kappa shape index (κ2) is 16.8. The lowest BCUT2D eigenvalue weighted by atomic mass is 10.1. The number of H-pyrrole nitrogens is 2. The first-order valence-corrected chi connectivity index (χ1v) is 18.6. The van der Waals surface area contributed by atoms with E-state index in [2.05, 4.69) is 19.9 Å². The Bertz CT molecular complexity index is 2680. The van der Waals surface area contributed by atoms with Crippen LogP contribution in [0.3, 0.4) is 0 Å². The number of aromatic amines is 2. The molecule has 0 bridgehead atoms. The number of carbonyl (C=O) groups excluding carboxylic acids is 2. The Labute approximate surface area is 358 Å². The maximum atomic E-state index is 13.0. The quantitative estimate of drug-likeness (QED) is 0.262. The molecular weight excluding hydrogens is 818 g/mol. The lowest BCUT2D eigenvalue weighted by Crippen LogP contribution is -3.00. The molecule has 0 saturated heterocycles. The van der Waals surface area contributed by atoms with Crippen LogP contribution in [0.25, 0.3) is 66.6 Å². The van der Waals surface area contributed by atoms with Gasteiger partial charge in [-0.3, -0.25) is 28.7 Å². The van der Waals surface area contributed by atoms with Crippen molar-refractivity contribution in [3.8, 4) is 22.8 Å². The molecule has 8 rings (SSSR count). The van der Waals surface area contributed by atoms with Gasteiger partial charge in [-0.1, -0.05) is 33.2 Å². The Balaban J connectivity index is 0.000000214. The third-order valence-electron chi connectivity index (χ3n) is 9.65. The molecule has 0 atom stereocenters. The summed E-state index contributed by atoms with van der Waals surface area (Å²) in [6.07, 6.45) is 0. The topological polar surface area (TPSA) is 130 Å². The van der Waals surface area contributed by atoms with Crippen LogP contribution in [0, 0.1) is 27.7 Å². The summed E-state index contributed by atoms with van der Waals surface area (Å²) in [7, 11) is 10.8. The molecule has 6 heterocycles. The molecule has 300 valence electrons. The summed E-state index contributed by atoms with van der Waals surface area (Å²) in [5.41, 5.74) is 9.71. The minimum absolute atomic E-state index is 0. The van der Waals surface area contributed by atoms with Crippen molar-refractivity contribution in [3.63, 3.8) is 0 Å². The molecule has 2 N–H and O–H groups in total. The van der Waals surface area contributed by atoms with E-state index in [0.717, 1.165) is 77.8 Å². The fraction of sp³-hybridized carbons (Fsp3) is 0.238. The monoisotopic (exact) mass is 858 g/mol. The molecule has 0 unspecified atom stereocenters. The Morgan fingerprint density at radius 1 is 0.552 bits per heavy atom. The van der Waals surface area contributed by atoms with Crippen LogP contribution in [0.2, 0.25) is 10.0 Å². The zero-order chi connectivity index (χ0) is 40.3. The molecule has 2 aromatic carbocycles. The molecule has 2 amide bonds. The molecule has 0 aliphatic rings. The van der Waals surface area contributed by atoms with Gasteiger partial charge in [0, 0.05) is 71.8 Å². The summed E-state index contributed by atoms with van der Waals surface area (Å²) in [5.74, 6) is 0.960. The predicted molar refractivity (Wildman–Crippen MR) is 221 cm³/mol. The van der Waals surface area contributed by atoms with E-state index in [1.165, 1.54) is 0 Å². The number of nitrogens with zero attached hydrogens (tertiary/aromatic N) is 8. The Morgan fingerprint density at radius 2 is 0.879 bits per heavy atom. The zero-order valence-electron chi connectivity index (χ0n) is 33.7. The summed E-state index contributed by atoms with van der Waals surface area (Å²) in [6, 6.07) is 19.2. The average Bonchev–Trinajstić information content (AvgIpc) is 3.58. The van der Waals surface area contributed by atoms with E-state index in [0.29, 0.717) is 33.1 Å². The van der Waals surface area contributed by atoms with E-state index in [1.807, 2.05) is 112 Å². The highest BCUT2D eigenvalue weighted by Crippen LogP contribution is 2.33. The standard InChI is InChI=1S/2C21H20ClN5O.2ClH/c2*1-11-8-13(9-12(2)23-11)19-24-18(21(28)26(3)4)17-15-7-6-14(22)10-16(15)27(5)20(17)25-19;;/h2*6-10H,1-5H3;2*1H. The fourth-order valence-corrected chi connectivity index (χ4v) is 7.49. The molecule has 0 spiro atoms. The van der Waals surface area contributed by atoms with Crippen molar-refractivity contribution in [1.82, 2.24) is 38.9 Å². The van der Waals surface area contributed by atoms with E-state index in [1.54, 1.807) is 38.0 Å². The second-order valence-corrected chi connectivity index (χ2v) is 15.3. The van der Waals surface area contributed by atoms with Crippen molar-refractivity contribution in [3.05, 3.63) is 105 Å². The van der Waals surface area contributed by atoms with E-state index in [-0.39, 0.29) is 36.6 Å². The third kappa shape index (κ3) is 8.02. The summed E-state index contributed by atoms with van der Waals surface area (Å²) in [4.78, 5) is 54.3. The Morgan fingerprint density at radius 3 is 1.19 bits per heavy atom. The van der Waals surface area contributed by atoms with Gasteiger partial charge in [0.05, 0.1) is 25.2 Å². The number of halogens is 4. The number of nitrogens with one attached hydrogen (secondary N) is 2. The van der Waals surface area contributed by atoms with E-state index >= 15 is 0 Å². The lowest BCUT2D eigenvalue weighted by molar-refractivity contribution is -0.340. The first-order valence-electron chi connectivity index (χ1n) is 17.9. The maximum absolute atomic E-state index is 13.0. The van der Waals surface area contributed by atoms with Crippen molar-refractivity contribution in [2.45, 2.75) is 27.7 Å². The molecule has 6 aromatic heterocycles. The highest BCUT2D eigenvalue weighted by atomic mass is 35.5. The first kappa shape index (κ1) is 43.7. The highest BCUT2D eigenvalue weighted by molar-refractivity contribution is 6.32. The van der Waals surface area contributed by atoms with Crippen molar-refractivity contribution in [2.75, 3.05) is 28.2 Å². The molecule has 0 aliphatic carbocycles. The van der Waals surface area contributed by atoms with Crippen LogP contribution in [-0.4, -0.2) is 78.9 Å². The highest BCUT2D eigenvalue weighted by Gasteiger charge is 2.30. The van der Waals surface area contributed by atoms with Crippen molar-refractivity contribution < 1.29 is 44.4 Å². The lowest BCUT2D eigenvalue weighted by Gasteiger charge is -2.09. The van der Waals surface area contributed by atoms with Gasteiger partial charge in [0.15, 0.2) is 0 Å². The molecule has 58 heavy (non-hydrogen) atoms. The van der Waals surface area contributed by atoms with Crippen LogP contribution < -0.4 is 34.8 Å². The molecule has 16 heteroatoms. The summed E-state index contributed by atoms with van der Waals surface area (Å²) in [5, 5.41) is 4.74. The number of carbonyl (C=O) groups is 2. The molecule has 0 fully saturated rings. The number of hydrogen-bond donors (Lipinski definition) is 0. The van der Waals surface area contributed by atoms with Gasteiger partial charge in [-0.05, 0) is 88.4 Å². The second-order valence-electron chi connectivity index (χ2n) is 14.4. The molecular formula is C42H42Cl4N10O2. The molecule has 0 aliphatic heterocycles. The van der Waals surface area contributed by atoms with Gasteiger partial charge in [-0.25, -0.2) is 9.97 Å². The van der Waals surface area contributed by atoms with E-state index in [9.17, 15) is 9.59 Å². The van der Waals surface area contributed by atoms with Gasteiger partial charge < -0.3 is 34.6 Å². The Hall–Kier alpha value is -5.40.